The fourth-order valence-electron chi connectivity index (χ4n) is 2.62. The van der Waals surface area contributed by atoms with E-state index in [1.54, 1.807) is 0 Å². The summed E-state index contributed by atoms with van der Waals surface area (Å²) >= 11 is 2.85. The van der Waals surface area contributed by atoms with Gasteiger partial charge in [0, 0.05) is 24.4 Å². The van der Waals surface area contributed by atoms with Crippen molar-refractivity contribution in [2.24, 2.45) is 0 Å². The van der Waals surface area contributed by atoms with Crippen LogP contribution >= 0.6 is 22.7 Å². The first kappa shape index (κ1) is 19.3. The van der Waals surface area contributed by atoms with Crippen molar-refractivity contribution in [2.75, 3.05) is 11.9 Å². The number of thiazole rings is 1. The highest BCUT2D eigenvalue weighted by Crippen LogP contribution is 2.26. The molecule has 0 unspecified atom stereocenters. The van der Waals surface area contributed by atoms with Gasteiger partial charge in [0.2, 0.25) is 5.91 Å². The topological polar surface area (TPSA) is 71.1 Å². The van der Waals surface area contributed by atoms with Gasteiger partial charge >= 0.3 is 0 Å². The molecule has 0 saturated carbocycles. The quantitative estimate of drug-likeness (QED) is 0.575. The van der Waals surface area contributed by atoms with Crippen molar-refractivity contribution in [3.05, 3.63) is 57.1 Å². The van der Waals surface area contributed by atoms with Crippen LogP contribution in [0.2, 0.25) is 0 Å². The van der Waals surface area contributed by atoms with Crippen molar-refractivity contribution < 1.29 is 9.59 Å². The zero-order chi connectivity index (χ0) is 19.2. The second kappa shape index (κ2) is 8.92. The Labute approximate surface area is 166 Å². The van der Waals surface area contributed by atoms with Gasteiger partial charge < -0.3 is 5.32 Å². The van der Waals surface area contributed by atoms with E-state index in [0.29, 0.717) is 11.7 Å². The minimum atomic E-state index is -0.113. The van der Waals surface area contributed by atoms with Crippen LogP contribution in [0, 0.1) is 6.92 Å². The third kappa shape index (κ3) is 5.24. The zero-order valence-corrected chi connectivity index (χ0v) is 16.9. The molecular weight excluding hydrogens is 378 g/mol. The normalized spacial score (nSPS) is 10.6. The molecule has 3 aromatic rings. The highest BCUT2D eigenvalue weighted by Gasteiger charge is 2.13. The third-order valence-corrected chi connectivity index (χ3v) is 5.83. The van der Waals surface area contributed by atoms with E-state index in [4.69, 9.17) is 0 Å². The van der Waals surface area contributed by atoms with E-state index in [1.807, 2.05) is 35.9 Å². The molecule has 0 atom stereocenters. The summed E-state index contributed by atoms with van der Waals surface area (Å²) in [5, 5.41) is 10.1. The van der Waals surface area contributed by atoms with E-state index in [2.05, 4.69) is 27.8 Å². The predicted molar refractivity (Wildman–Crippen MR) is 112 cm³/mol. The lowest BCUT2D eigenvalue weighted by Gasteiger charge is -2.04. The first-order valence-electron chi connectivity index (χ1n) is 8.67. The van der Waals surface area contributed by atoms with E-state index in [0.717, 1.165) is 34.5 Å². The molecule has 140 valence electrons. The van der Waals surface area contributed by atoms with E-state index in [-0.39, 0.29) is 11.8 Å². The largest absolute Gasteiger partial charge is 0.356 e. The van der Waals surface area contributed by atoms with Gasteiger partial charge in [-0.15, -0.1) is 22.7 Å². The first-order chi connectivity index (χ1) is 13.0. The van der Waals surface area contributed by atoms with Gasteiger partial charge in [0.25, 0.3) is 5.91 Å². The zero-order valence-electron chi connectivity index (χ0n) is 15.2. The second-order valence-corrected chi connectivity index (χ2v) is 7.98. The van der Waals surface area contributed by atoms with Crippen LogP contribution in [0.25, 0.3) is 11.3 Å². The standard InChI is InChI=1S/C20H21N3O2S2/c1-13-9-11-26-18(13)19(25)23-20-22-17(12-27-20)16-7-5-15(6-8-16)4-3-10-21-14(2)24/h5-9,11-12H,3-4,10H2,1-2H3,(H,21,24)(H,22,23,25). The predicted octanol–water partition coefficient (Wildman–Crippen LogP) is 4.50. The van der Waals surface area contributed by atoms with Crippen molar-refractivity contribution in [1.82, 2.24) is 10.3 Å². The van der Waals surface area contributed by atoms with Crippen molar-refractivity contribution in [3.8, 4) is 11.3 Å². The summed E-state index contributed by atoms with van der Waals surface area (Å²) in [6.07, 6.45) is 1.83. The van der Waals surface area contributed by atoms with E-state index in [1.165, 1.54) is 35.2 Å². The molecule has 0 fully saturated rings. The average Bonchev–Trinajstić information content (AvgIpc) is 3.28. The Kier molecular flexibility index (Phi) is 6.36. The molecule has 0 aliphatic rings. The fourth-order valence-corrected chi connectivity index (χ4v) is 4.16. The maximum Gasteiger partial charge on any atom is 0.267 e. The molecule has 0 aliphatic carbocycles. The number of nitrogens with zero attached hydrogens (tertiary/aromatic N) is 1. The number of nitrogens with one attached hydrogen (secondary N) is 2. The molecule has 2 aromatic heterocycles. The monoisotopic (exact) mass is 399 g/mol. The molecule has 2 heterocycles. The fraction of sp³-hybridized carbons (Fsp3) is 0.250. The average molecular weight is 400 g/mol. The molecule has 7 heteroatoms. The third-order valence-electron chi connectivity index (χ3n) is 4.06. The number of aryl methyl sites for hydroxylation is 2. The summed E-state index contributed by atoms with van der Waals surface area (Å²) in [7, 11) is 0. The summed E-state index contributed by atoms with van der Waals surface area (Å²) in [6.45, 7) is 4.15. The van der Waals surface area contributed by atoms with E-state index < -0.39 is 0 Å². The Morgan fingerprint density at radius 1 is 1.11 bits per heavy atom. The molecule has 2 N–H and O–H groups in total. The number of anilines is 1. The molecule has 3 rings (SSSR count). The summed E-state index contributed by atoms with van der Waals surface area (Å²) in [5.41, 5.74) is 4.07. The lowest BCUT2D eigenvalue weighted by atomic mass is 10.1. The van der Waals surface area contributed by atoms with Gasteiger partial charge in [-0.3, -0.25) is 14.9 Å². The number of benzene rings is 1. The van der Waals surface area contributed by atoms with Crippen LogP contribution in [-0.4, -0.2) is 23.3 Å². The smallest absolute Gasteiger partial charge is 0.267 e. The van der Waals surface area contributed by atoms with Crippen molar-refractivity contribution in [3.63, 3.8) is 0 Å². The van der Waals surface area contributed by atoms with Gasteiger partial charge in [-0.1, -0.05) is 24.3 Å². The van der Waals surface area contributed by atoms with Crippen molar-refractivity contribution >= 4 is 39.6 Å². The number of hydrogen-bond donors (Lipinski definition) is 2. The van der Waals surface area contributed by atoms with E-state index >= 15 is 0 Å². The van der Waals surface area contributed by atoms with Crippen LogP contribution in [0.5, 0.6) is 0 Å². The molecule has 0 radical (unpaired) electrons. The summed E-state index contributed by atoms with van der Waals surface area (Å²) in [5.74, 6) is -0.107. The van der Waals surface area contributed by atoms with Gasteiger partial charge in [0.1, 0.15) is 0 Å². The van der Waals surface area contributed by atoms with Crippen LogP contribution in [0.3, 0.4) is 0 Å². The van der Waals surface area contributed by atoms with Gasteiger partial charge in [-0.2, -0.15) is 0 Å². The second-order valence-electron chi connectivity index (χ2n) is 6.21. The molecule has 0 aliphatic heterocycles. The highest BCUT2D eigenvalue weighted by atomic mass is 32.1. The van der Waals surface area contributed by atoms with Crippen LogP contribution < -0.4 is 10.6 Å². The maximum absolute atomic E-state index is 12.3. The molecule has 1 aromatic carbocycles. The summed E-state index contributed by atoms with van der Waals surface area (Å²) in [4.78, 5) is 28.4. The number of amides is 2. The molecule has 27 heavy (non-hydrogen) atoms. The Bertz CT molecular complexity index is 929. The molecule has 2 amide bonds. The SMILES string of the molecule is CC(=O)NCCCc1ccc(-c2csc(NC(=O)c3sccc3C)n2)cc1. The molecule has 5 nitrogen and oxygen atoms in total. The minimum absolute atomic E-state index is 0.00557. The Balaban J connectivity index is 1.58. The van der Waals surface area contributed by atoms with Crippen LogP contribution in [-0.2, 0) is 11.2 Å². The Hall–Kier alpha value is -2.51. The molecular formula is C20H21N3O2S2. The van der Waals surface area contributed by atoms with Crippen molar-refractivity contribution in [2.45, 2.75) is 26.7 Å². The maximum atomic E-state index is 12.3. The number of thiophene rings is 1. The first-order valence-corrected chi connectivity index (χ1v) is 10.4. The minimum Gasteiger partial charge on any atom is -0.356 e. The number of carbonyl (C=O) groups excluding carboxylic acids is 2. The summed E-state index contributed by atoms with van der Waals surface area (Å²) in [6, 6.07) is 10.2. The van der Waals surface area contributed by atoms with Crippen LogP contribution in [0.15, 0.2) is 41.1 Å². The number of rotatable bonds is 7. The van der Waals surface area contributed by atoms with Gasteiger partial charge in [0.15, 0.2) is 5.13 Å². The lowest BCUT2D eigenvalue weighted by Crippen LogP contribution is -2.21. The summed E-state index contributed by atoms with van der Waals surface area (Å²) < 4.78 is 0. The number of carbonyl (C=O) groups is 2. The molecule has 0 bridgehead atoms. The molecule has 0 saturated heterocycles. The Morgan fingerprint density at radius 3 is 2.56 bits per heavy atom. The van der Waals surface area contributed by atoms with Gasteiger partial charge in [-0.05, 0) is 42.3 Å². The Morgan fingerprint density at radius 2 is 1.89 bits per heavy atom. The van der Waals surface area contributed by atoms with E-state index in [9.17, 15) is 9.59 Å². The van der Waals surface area contributed by atoms with Crippen molar-refractivity contribution in [1.29, 1.82) is 0 Å². The van der Waals surface area contributed by atoms with Gasteiger partial charge in [0.05, 0.1) is 10.6 Å². The lowest BCUT2D eigenvalue weighted by molar-refractivity contribution is -0.118. The highest BCUT2D eigenvalue weighted by molar-refractivity contribution is 7.14. The number of hydrogen-bond acceptors (Lipinski definition) is 5. The van der Waals surface area contributed by atoms with Crippen LogP contribution in [0.1, 0.15) is 34.1 Å². The van der Waals surface area contributed by atoms with Crippen LogP contribution in [0.4, 0.5) is 5.13 Å². The number of aromatic nitrogens is 1. The molecule has 0 spiro atoms. The van der Waals surface area contributed by atoms with Gasteiger partial charge in [-0.25, -0.2) is 4.98 Å².